The Morgan fingerprint density at radius 3 is 2.59 bits per heavy atom. The zero-order valence-corrected chi connectivity index (χ0v) is 26.3. The van der Waals surface area contributed by atoms with Gasteiger partial charge in [0.15, 0.2) is 17.0 Å². The second-order valence-electron chi connectivity index (χ2n) is 14.1. The zero-order chi connectivity index (χ0) is 30.2. The number of carbonyl (C=O) groups excluding carboxylic acids is 1. The third-order valence-corrected chi connectivity index (χ3v) is 12.2. The van der Waals surface area contributed by atoms with Gasteiger partial charge in [-0.25, -0.2) is 9.37 Å². The second-order valence-corrected chi connectivity index (χ2v) is 14.5. The highest BCUT2D eigenvalue weighted by molar-refractivity contribution is 6.28. The van der Waals surface area contributed by atoms with Crippen molar-refractivity contribution in [2.45, 2.75) is 83.1 Å². The number of piperazine rings is 1. The first-order valence-corrected chi connectivity index (χ1v) is 16.7. The van der Waals surface area contributed by atoms with Crippen LogP contribution in [0.3, 0.4) is 0 Å². The molecule has 11 heteroatoms. The molecule has 3 aliphatic heterocycles. The number of hydrogen-bond acceptors (Lipinski definition) is 7. The highest BCUT2D eigenvalue weighted by Crippen LogP contribution is 2.61. The quantitative estimate of drug-likeness (QED) is 0.374. The van der Waals surface area contributed by atoms with Gasteiger partial charge in [0, 0.05) is 38.6 Å². The average Bonchev–Trinajstić information content (AvgIpc) is 3.44. The van der Waals surface area contributed by atoms with Gasteiger partial charge in [0.05, 0.1) is 17.6 Å². The van der Waals surface area contributed by atoms with Crippen molar-refractivity contribution in [3.63, 3.8) is 0 Å². The van der Waals surface area contributed by atoms with Gasteiger partial charge in [-0.3, -0.25) is 9.36 Å². The summed E-state index contributed by atoms with van der Waals surface area (Å²) in [6, 6.07) is 7.23. The molecule has 5 fully saturated rings. The van der Waals surface area contributed by atoms with Crippen molar-refractivity contribution in [2.24, 2.45) is 23.2 Å². The van der Waals surface area contributed by atoms with Crippen LogP contribution in [0.25, 0.3) is 11.2 Å². The van der Waals surface area contributed by atoms with E-state index in [4.69, 9.17) is 21.3 Å². The Kier molecular flexibility index (Phi) is 6.83. The molecule has 0 bridgehead atoms. The van der Waals surface area contributed by atoms with Crippen molar-refractivity contribution in [1.29, 1.82) is 0 Å². The number of anilines is 2. The average molecular weight is 622 g/mol. The SMILES string of the molecule is C[C@]12CCC(=O)N[C@@H]1CC[C@@H]1[C@@H]2CC[C@]2(C)O[C@H](n3cnc4c(N5CCN(c6ccccc6F)CC5)nc(Cl)nc43)CC[C@@H]12. The van der Waals surface area contributed by atoms with Gasteiger partial charge in [-0.15, -0.1) is 0 Å². The summed E-state index contributed by atoms with van der Waals surface area (Å²) < 4.78 is 23.5. The predicted octanol–water partition coefficient (Wildman–Crippen LogP) is 5.73. The number of amides is 1. The van der Waals surface area contributed by atoms with E-state index in [9.17, 15) is 9.18 Å². The lowest BCUT2D eigenvalue weighted by Gasteiger charge is -2.62. The maximum atomic E-state index is 14.4. The first-order valence-electron chi connectivity index (χ1n) is 16.4. The first kappa shape index (κ1) is 28.5. The Morgan fingerprint density at radius 2 is 1.77 bits per heavy atom. The maximum absolute atomic E-state index is 14.4. The molecule has 2 saturated carbocycles. The van der Waals surface area contributed by atoms with Crippen molar-refractivity contribution in [2.75, 3.05) is 36.0 Å². The summed E-state index contributed by atoms with van der Waals surface area (Å²) in [6.07, 6.45) is 9.69. The summed E-state index contributed by atoms with van der Waals surface area (Å²) in [4.78, 5) is 30.5. The zero-order valence-electron chi connectivity index (χ0n) is 25.5. The minimum Gasteiger partial charge on any atom is -0.366 e. The Hall–Kier alpha value is -2.98. The third kappa shape index (κ3) is 4.49. The number of piperidine rings is 1. The number of nitrogens with zero attached hydrogens (tertiary/aromatic N) is 6. The molecule has 1 amide bonds. The van der Waals surface area contributed by atoms with Gasteiger partial charge in [0.2, 0.25) is 11.2 Å². The minimum absolute atomic E-state index is 0.171. The smallest absolute Gasteiger partial charge is 0.226 e. The number of carbonyl (C=O) groups is 1. The predicted molar refractivity (Wildman–Crippen MR) is 167 cm³/mol. The number of nitrogens with one attached hydrogen (secondary N) is 1. The number of para-hydroxylation sites is 1. The van der Waals surface area contributed by atoms with E-state index in [2.05, 4.69) is 43.5 Å². The van der Waals surface area contributed by atoms with Crippen molar-refractivity contribution in [3.8, 4) is 0 Å². The molecule has 3 saturated heterocycles. The van der Waals surface area contributed by atoms with Gasteiger partial charge in [0.25, 0.3) is 0 Å². The van der Waals surface area contributed by atoms with Crippen molar-refractivity contribution in [1.82, 2.24) is 24.8 Å². The summed E-state index contributed by atoms with van der Waals surface area (Å²) in [5, 5.41) is 3.53. The number of halogens is 2. The molecule has 3 aromatic rings. The molecule has 234 valence electrons. The van der Waals surface area contributed by atoms with E-state index in [0.717, 1.165) is 56.3 Å². The standard InChI is InChI=1S/C33H41ClFN7O2/c1-32-13-12-26(43)37-25(32)9-7-20-21(32)11-14-33(2)22(20)8-10-27(44-33)42-19-36-28-29(38-31(34)39-30(28)42)41-17-15-40(16-18-41)24-6-4-3-5-23(24)35/h3-6,19-22,25,27H,7-18H2,1-2H3,(H,37,43)/t20-,21+,22+,25-,27+,32-,33+/m1/s1. The number of ether oxygens (including phenoxy) is 1. The van der Waals surface area contributed by atoms with Crippen LogP contribution in [0.5, 0.6) is 0 Å². The Morgan fingerprint density at radius 1 is 0.977 bits per heavy atom. The maximum Gasteiger partial charge on any atom is 0.226 e. The molecule has 2 aliphatic carbocycles. The fourth-order valence-electron chi connectivity index (χ4n) is 9.72. The van der Waals surface area contributed by atoms with E-state index in [1.54, 1.807) is 6.07 Å². The largest absolute Gasteiger partial charge is 0.366 e. The molecule has 44 heavy (non-hydrogen) atoms. The molecule has 9 nitrogen and oxygen atoms in total. The van der Waals surface area contributed by atoms with Gasteiger partial charge in [-0.2, -0.15) is 9.97 Å². The van der Waals surface area contributed by atoms with Crippen LogP contribution >= 0.6 is 11.6 Å². The van der Waals surface area contributed by atoms with Crippen LogP contribution in [-0.2, 0) is 9.53 Å². The van der Waals surface area contributed by atoms with Crippen molar-refractivity contribution >= 4 is 40.2 Å². The summed E-state index contributed by atoms with van der Waals surface area (Å²) in [6.45, 7) is 7.44. The first-order chi connectivity index (χ1) is 21.2. The van der Waals surface area contributed by atoms with Gasteiger partial charge >= 0.3 is 0 Å². The van der Waals surface area contributed by atoms with E-state index in [1.807, 2.05) is 18.5 Å². The monoisotopic (exact) mass is 621 g/mol. The van der Waals surface area contributed by atoms with E-state index in [1.165, 1.54) is 6.07 Å². The van der Waals surface area contributed by atoms with Crippen LogP contribution in [0.15, 0.2) is 30.6 Å². The van der Waals surface area contributed by atoms with E-state index >= 15 is 0 Å². The Balaban J connectivity index is 1.01. The van der Waals surface area contributed by atoms with Gasteiger partial charge in [-0.1, -0.05) is 19.1 Å². The molecule has 2 aromatic heterocycles. The molecule has 7 atom stereocenters. The summed E-state index contributed by atoms with van der Waals surface area (Å²) >= 11 is 6.53. The highest BCUT2D eigenvalue weighted by atomic mass is 35.5. The van der Waals surface area contributed by atoms with Crippen LogP contribution in [0.4, 0.5) is 15.9 Å². The number of fused-ring (bicyclic) bond motifs is 6. The van der Waals surface area contributed by atoms with Crippen LogP contribution in [-0.4, -0.2) is 63.2 Å². The number of rotatable bonds is 3. The van der Waals surface area contributed by atoms with Crippen LogP contribution in [0.1, 0.15) is 71.4 Å². The molecular formula is C33H41ClFN7O2. The van der Waals surface area contributed by atoms with Gasteiger partial charge < -0.3 is 19.9 Å². The lowest BCUT2D eigenvalue weighted by atomic mass is 9.48. The van der Waals surface area contributed by atoms with Crippen molar-refractivity contribution < 1.29 is 13.9 Å². The molecule has 1 N–H and O–H groups in total. The number of hydrogen-bond donors (Lipinski definition) is 1. The van der Waals surface area contributed by atoms with Crippen molar-refractivity contribution in [3.05, 3.63) is 41.7 Å². The topological polar surface area (TPSA) is 88.4 Å². The molecule has 5 aliphatic rings. The van der Waals surface area contributed by atoms with Gasteiger partial charge in [0.1, 0.15) is 12.0 Å². The molecule has 0 unspecified atom stereocenters. The Bertz CT molecular complexity index is 1590. The summed E-state index contributed by atoms with van der Waals surface area (Å²) in [5.74, 6) is 2.49. The van der Waals surface area contributed by atoms with Gasteiger partial charge in [-0.05, 0) is 98.8 Å². The summed E-state index contributed by atoms with van der Waals surface area (Å²) in [5.41, 5.74) is 2.01. The summed E-state index contributed by atoms with van der Waals surface area (Å²) in [7, 11) is 0. The van der Waals surface area contributed by atoms with E-state index in [-0.39, 0.29) is 34.3 Å². The molecule has 8 rings (SSSR count). The minimum atomic E-state index is -0.218. The number of benzene rings is 1. The third-order valence-electron chi connectivity index (χ3n) is 12.0. The molecule has 0 radical (unpaired) electrons. The molecule has 0 spiro atoms. The van der Waals surface area contributed by atoms with E-state index in [0.29, 0.717) is 67.7 Å². The van der Waals surface area contributed by atoms with Crippen LogP contribution < -0.4 is 15.1 Å². The normalized spacial score (nSPS) is 35.5. The highest BCUT2D eigenvalue weighted by Gasteiger charge is 2.59. The molecule has 5 heterocycles. The lowest BCUT2D eigenvalue weighted by Crippen LogP contribution is -2.63. The fourth-order valence-corrected chi connectivity index (χ4v) is 9.88. The van der Waals surface area contributed by atoms with Crippen LogP contribution in [0.2, 0.25) is 5.28 Å². The Labute approximate surface area is 262 Å². The fraction of sp³-hybridized carbons (Fsp3) is 0.636. The van der Waals surface area contributed by atoms with E-state index < -0.39 is 0 Å². The molecular weight excluding hydrogens is 581 g/mol. The van der Waals surface area contributed by atoms with Crippen LogP contribution in [0, 0.1) is 29.0 Å². The number of aromatic nitrogens is 4. The second kappa shape index (κ2) is 10.5. The lowest BCUT2D eigenvalue weighted by molar-refractivity contribution is -0.231. The molecule has 1 aromatic carbocycles. The number of imidazole rings is 1.